The molecule has 4 aliphatic rings. The highest BCUT2D eigenvalue weighted by Crippen LogP contribution is 2.48. The molecule has 2 aliphatic carbocycles. The first-order valence-electron chi connectivity index (χ1n) is 14.2. The number of imide groups is 1. The van der Waals surface area contributed by atoms with Crippen LogP contribution in [0, 0.1) is 17.7 Å². The Bertz CT molecular complexity index is 1470. The van der Waals surface area contributed by atoms with Crippen LogP contribution in [0.25, 0.3) is 0 Å². The molecule has 2 heterocycles. The molecule has 2 aliphatic heterocycles. The maximum Gasteiger partial charge on any atom is 0.418 e. The molecule has 43 heavy (non-hydrogen) atoms. The first-order chi connectivity index (χ1) is 20.4. The van der Waals surface area contributed by atoms with Crippen LogP contribution in [0.5, 0.6) is 0 Å². The molecule has 3 fully saturated rings. The van der Waals surface area contributed by atoms with E-state index in [1.165, 1.54) is 19.1 Å². The first kappa shape index (κ1) is 29.1. The Balaban J connectivity index is 1.25. The standard InChI is InChI=1S/C30H30F4N4O5/c1-16(26(40)37(15-17-2-6-21(31)7-3-17)24(18-4-5-18)30(32,33)34)38-27(41)29(43-28(38)42)11-10-19-12-22(8-9-23(19)29)36-25(39)20-13-35-14-20/h2-3,6-9,12,16,18,20,24,35H,4-5,10-11,13-15H2,1H3,(H,36,39)/t16?,24-,29+/m1/s1. The summed E-state index contributed by atoms with van der Waals surface area (Å²) in [4.78, 5) is 54.4. The molecule has 228 valence electrons. The zero-order valence-corrected chi connectivity index (χ0v) is 23.2. The van der Waals surface area contributed by atoms with Crippen molar-refractivity contribution in [2.45, 2.75) is 63.0 Å². The summed E-state index contributed by atoms with van der Waals surface area (Å²) in [6, 6.07) is 5.93. The minimum atomic E-state index is -4.76. The minimum Gasteiger partial charge on any atom is -0.427 e. The number of carbonyl (C=O) groups excluding carboxylic acids is 4. The number of aryl methyl sites for hydroxylation is 1. The van der Waals surface area contributed by atoms with Gasteiger partial charge in [0.1, 0.15) is 17.9 Å². The van der Waals surface area contributed by atoms with Gasteiger partial charge in [0.25, 0.3) is 5.91 Å². The summed E-state index contributed by atoms with van der Waals surface area (Å²) in [5.41, 5.74) is 0.161. The van der Waals surface area contributed by atoms with Crippen molar-refractivity contribution in [2.75, 3.05) is 18.4 Å². The third-order valence-electron chi connectivity index (χ3n) is 8.76. The minimum absolute atomic E-state index is 0.0841. The Morgan fingerprint density at radius 2 is 1.84 bits per heavy atom. The fraction of sp³-hybridized carbons (Fsp3) is 0.467. The average Bonchev–Trinajstić information content (AvgIpc) is 3.62. The highest BCUT2D eigenvalue weighted by Gasteiger charge is 2.61. The van der Waals surface area contributed by atoms with Gasteiger partial charge in [-0.3, -0.25) is 14.4 Å². The van der Waals surface area contributed by atoms with E-state index >= 15 is 0 Å². The van der Waals surface area contributed by atoms with Crippen molar-refractivity contribution in [3.63, 3.8) is 0 Å². The molecule has 2 N–H and O–H groups in total. The summed E-state index contributed by atoms with van der Waals surface area (Å²) in [5.74, 6) is -3.57. The molecule has 2 aromatic carbocycles. The molecule has 2 saturated heterocycles. The number of alkyl halides is 3. The van der Waals surface area contributed by atoms with E-state index in [1.54, 1.807) is 18.2 Å². The Labute approximate surface area is 244 Å². The molecule has 1 spiro atoms. The third-order valence-corrected chi connectivity index (χ3v) is 8.76. The van der Waals surface area contributed by atoms with E-state index in [1.807, 2.05) is 0 Å². The van der Waals surface area contributed by atoms with Gasteiger partial charge < -0.3 is 20.3 Å². The number of nitrogens with one attached hydrogen (secondary N) is 2. The van der Waals surface area contributed by atoms with Crippen molar-refractivity contribution in [3.8, 4) is 0 Å². The second-order valence-corrected chi connectivity index (χ2v) is 11.7. The zero-order chi connectivity index (χ0) is 30.7. The van der Waals surface area contributed by atoms with Crippen molar-refractivity contribution in [1.29, 1.82) is 0 Å². The summed E-state index contributed by atoms with van der Waals surface area (Å²) < 4.78 is 62.0. The lowest BCUT2D eigenvalue weighted by Gasteiger charge is -2.36. The van der Waals surface area contributed by atoms with Gasteiger partial charge in [-0.25, -0.2) is 14.1 Å². The largest absolute Gasteiger partial charge is 0.427 e. The Kier molecular flexibility index (Phi) is 7.18. The van der Waals surface area contributed by atoms with Gasteiger partial charge in [0.2, 0.25) is 17.4 Å². The molecule has 3 atom stereocenters. The average molecular weight is 603 g/mol. The Morgan fingerprint density at radius 3 is 2.44 bits per heavy atom. The molecule has 9 nitrogen and oxygen atoms in total. The monoisotopic (exact) mass is 602 g/mol. The number of hydrogen-bond donors (Lipinski definition) is 2. The van der Waals surface area contributed by atoms with Crippen LogP contribution in [0.1, 0.15) is 42.9 Å². The predicted molar refractivity (Wildman–Crippen MR) is 144 cm³/mol. The molecule has 2 aromatic rings. The second kappa shape index (κ2) is 10.6. The number of nitrogens with zero attached hydrogens (tertiary/aromatic N) is 2. The van der Waals surface area contributed by atoms with Gasteiger partial charge in [-0.05, 0) is 67.5 Å². The topological polar surface area (TPSA) is 108 Å². The van der Waals surface area contributed by atoms with E-state index in [4.69, 9.17) is 4.74 Å². The number of anilines is 1. The molecule has 6 rings (SSSR count). The van der Waals surface area contributed by atoms with Gasteiger partial charge in [-0.1, -0.05) is 18.2 Å². The van der Waals surface area contributed by atoms with Crippen molar-refractivity contribution in [1.82, 2.24) is 15.1 Å². The zero-order valence-electron chi connectivity index (χ0n) is 23.2. The Hall–Kier alpha value is -4.00. The van der Waals surface area contributed by atoms with E-state index in [2.05, 4.69) is 10.6 Å². The molecule has 0 bridgehead atoms. The van der Waals surface area contributed by atoms with Crippen molar-refractivity contribution < 1.29 is 41.5 Å². The number of benzene rings is 2. The Morgan fingerprint density at radius 1 is 1.14 bits per heavy atom. The molecule has 4 amide bonds. The van der Waals surface area contributed by atoms with Gasteiger partial charge >= 0.3 is 12.3 Å². The molecule has 0 radical (unpaired) electrons. The number of hydrogen-bond acceptors (Lipinski definition) is 6. The predicted octanol–water partition coefficient (Wildman–Crippen LogP) is 3.86. The number of carbonyl (C=O) groups is 4. The van der Waals surface area contributed by atoms with Gasteiger partial charge in [-0.15, -0.1) is 0 Å². The fourth-order valence-electron chi connectivity index (χ4n) is 6.18. The third kappa shape index (κ3) is 5.23. The van der Waals surface area contributed by atoms with Crippen LogP contribution in [0.4, 0.5) is 28.0 Å². The smallest absolute Gasteiger partial charge is 0.418 e. The number of amides is 4. The van der Waals surface area contributed by atoms with Crippen LogP contribution in [-0.2, 0) is 37.7 Å². The molecule has 13 heteroatoms. The lowest BCUT2D eigenvalue weighted by atomic mass is 9.94. The molecule has 1 unspecified atom stereocenters. The van der Waals surface area contributed by atoms with Crippen molar-refractivity contribution in [2.24, 2.45) is 11.8 Å². The van der Waals surface area contributed by atoms with Gasteiger partial charge in [0, 0.05) is 37.3 Å². The van der Waals surface area contributed by atoms with E-state index < -0.39 is 60.0 Å². The molecular formula is C30H30F4N4O5. The SMILES string of the molecule is CC(C(=O)N(Cc1ccc(F)cc1)[C@H](C1CC1)C(F)(F)F)N1C(=O)O[C@]2(CCc3cc(NC(=O)C4CNC4)ccc32)C1=O. The van der Waals surface area contributed by atoms with Gasteiger partial charge in [0.05, 0.1) is 5.92 Å². The highest BCUT2D eigenvalue weighted by atomic mass is 19.4. The summed E-state index contributed by atoms with van der Waals surface area (Å²) in [5, 5.41) is 5.87. The number of fused-ring (bicyclic) bond motifs is 2. The van der Waals surface area contributed by atoms with Crippen LogP contribution in [0.15, 0.2) is 42.5 Å². The summed E-state index contributed by atoms with van der Waals surface area (Å²) in [7, 11) is 0. The van der Waals surface area contributed by atoms with E-state index in [9.17, 15) is 36.7 Å². The summed E-state index contributed by atoms with van der Waals surface area (Å²) in [6.45, 7) is 1.90. The highest BCUT2D eigenvalue weighted by molar-refractivity contribution is 6.07. The van der Waals surface area contributed by atoms with Crippen LogP contribution in [-0.4, -0.2) is 65.0 Å². The molecular weight excluding hydrogens is 572 g/mol. The number of ether oxygens (including phenoxy) is 1. The van der Waals surface area contributed by atoms with E-state index in [0.717, 1.165) is 12.1 Å². The maximum atomic E-state index is 14.3. The number of halogens is 4. The summed E-state index contributed by atoms with van der Waals surface area (Å²) in [6.07, 6.45) is -4.91. The van der Waals surface area contributed by atoms with Gasteiger partial charge in [0.15, 0.2) is 0 Å². The van der Waals surface area contributed by atoms with Crippen LogP contribution in [0.2, 0.25) is 0 Å². The van der Waals surface area contributed by atoms with Crippen LogP contribution in [0.3, 0.4) is 0 Å². The lowest BCUT2D eigenvalue weighted by molar-refractivity contribution is -0.197. The van der Waals surface area contributed by atoms with Crippen LogP contribution < -0.4 is 10.6 Å². The molecule has 1 saturated carbocycles. The fourth-order valence-corrected chi connectivity index (χ4v) is 6.18. The van der Waals surface area contributed by atoms with Crippen molar-refractivity contribution >= 4 is 29.5 Å². The maximum absolute atomic E-state index is 14.3. The van der Waals surface area contributed by atoms with E-state index in [-0.39, 0.29) is 36.7 Å². The second-order valence-electron chi connectivity index (χ2n) is 11.7. The van der Waals surface area contributed by atoms with Crippen LogP contribution >= 0.6 is 0 Å². The first-order valence-corrected chi connectivity index (χ1v) is 14.2. The molecule has 0 aromatic heterocycles. The summed E-state index contributed by atoms with van der Waals surface area (Å²) >= 11 is 0. The number of rotatable bonds is 8. The van der Waals surface area contributed by atoms with Gasteiger partial charge in [-0.2, -0.15) is 13.2 Å². The van der Waals surface area contributed by atoms with Crippen molar-refractivity contribution in [3.05, 3.63) is 65.0 Å². The lowest BCUT2D eigenvalue weighted by Crippen LogP contribution is -2.56. The van der Waals surface area contributed by atoms with E-state index in [0.29, 0.717) is 46.1 Å². The normalized spacial score (nSPS) is 23.0. The quantitative estimate of drug-likeness (QED) is 0.445.